The molecule has 1 aromatic rings. The molecule has 1 heterocycles. The Labute approximate surface area is 131 Å². The molecule has 1 fully saturated rings. The van der Waals surface area contributed by atoms with Gasteiger partial charge in [-0.25, -0.2) is 0 Å². The van der Waals surface area contributed by atoms with E-state index in [-0.39, 0.29) is 0 Å². The fourth-order valence-electron chi connectivity index (χ4n) is 2.86. The van der Waals surface area contributed by atoms with Crippen LogP contribution in [0.5, 0.6) is 0 Å². The van der Waals surface area contributed by atoms with Crippen LogP contribution in [-0.2, 0) is 4.74 Å². The van der Waals surface area contributed by atoms with Gasteiger partial charge in [0.05, 0.1) is 0 Å². The quantitative estimate of drug-likeness (QED) is 0.816. The van der Waals surface area contributed by atoms with Crippen molar-refractivity contribution in [1.82, 2.24) is 5.32 Å². The van der Waals surface area contributed by atoms with E-state index in [0.29, 0.717) is 6.04 Å². The number of hydrogen-bond donors (Lipinski definition) is 1. The fraction of sp³-hybridized carbons (Fsp3) is 0.647. The molecule has 0 radical (unpaired) electrons. The van der Waals surface area contributed by atoms with Crippen LogP contribution in [0.3, 0.4) is 0 Å². The van der Waals surface area contributed by atoms with Crippen LogP contribution in [0.15, 0.2) is 22.7 Å². The van der Waals surface area contributed by atoms with Crippen LogP contribution >= 0.6 is 15.9 Å². The van der Waals surface area contributed by atoms with E-state index < -0.39 is 0 Å². The van der Waals surface area contributed by atoms with E-state index in [4.69, 9.17) is 4.74 Å². The van der Waals surface area contributed by atoms with Gasteiger partial charge in [-0.2, -0.15) is 0 Å². The van der Waals surface area contributed by atoms with Crippen molar-refractivity contribution in [3.63, 3.8) is 0 Å². The summed E-state index contributed by atoms with van der Waals surface area (Å²) in [5.74, 6) is 0.794. The van der Waals surface area contributed by atoms with E-state index in [0.717, 1.165) is 25.7 Å². The Bertz CT molecular complexity index is 415. The maximum Gasteiger partial charge on any atom is 0.0468 e. The number of rotatable bonds is 6. The zero-order valence-electron chi connectivity index (χ0n) is 12.6. The van der Waals surface area contributed by atoms with Crippen LogP contribution in [-0.4, -0.2) is 19.8 Å². The first-order chi connectivity index (χ1) is 9.70. The van der Waals surface area contributed by atoms with E-state index in [9.17, 15) is 0 Å². The van der Waals surface area contributed by atoms with E-state index in [1.165, 1.54) is 41.3 Å². The first-order valence-electron chi connectivity index (χ1n) is 7.78. The summed E-state index contributed by atoms with van der Waals surface area (Å²) in [4.78, 5) is 0. The van der Waals surface area contributed by atoms with Crippen LogP contribution in [0.25, 0.3) is 0 Å². The Morgan fingerprint density at radius 3 is 2.75 bits per heavy atom. The van der Waals surface area contributed by atoms with Crippen molar-refractivity contribution in [2.75, 3.05) is 19.8 Å². The lowest BCUT2D eigenvalue weighted by atomic mass is 9.89. The van der Waals surface area contributed by atoms with Gasteiger partial charge in [-0.05, 0) is 62.3 Å². The second-order valence-corrected chi connectivity index (χ2v) is 6.66. The number of halogens is 1. The summed E-state index contributed by atoms with van der Waals surface area (Å²) >= 11 is 3.59. The van der Waals surface area contributed by atoms with Crippen molar-refractivity contribution >= 4 is 15.9 Å². The minimum atomic E-state index is 0.477. The molecule has 1 aliphatic heterocycles. The first kappa shape index (κ1) is 16.0. The highest BCUT2D eigenvalue weighted by Crippen LogP contribution is 2.29. The van der Waals surface area contributed by atoms with Crippen LogP contribution in [0.4, 0.5) is 0 Å². The minimum absolute atomic E-state index is 0.477. The Balaban J connectivity index is 2.06. The Kier molecular flexibility index (Phi) is 6.53. The Morgan fingerprint density at radius 1 is 1.35 bits per heavy atom. The summed E-state index contributed by atoms with van der Waals surface area (Å²) in [6, 6.07) is 7.22. The second kappa shape index (κ2) is 8.16. The van der Waals surface area contributed by atoms with Gasteiger partial charge in [0.2, 0.25) is 0 Å². The Morgan fingerprint density at radius 2 is 2.10 bits per heavy atom. The van der Waals surface area contributed by atoms with Crippen LogP contribution < -0.4 is 5.32 Å². The highest BCUT2D eigenvalue weighted by atomic mass is 79.9. The molecular weight excluding hydrogens is 314 g/mol. The molecule has 1 saturated heterocycles. The zero-order valence-corrected chi connectivity index (χ0v) is 14.2. The molecule has 1 N–H and O–H groups in total. The molecule has 112 valence electrons. The van der Waals surface area contributed by atoms with Crippen LogP contribution in [0, 0.1) is 12.8 Å². The van der Waals surface area contributed by atoms with Crippen LogP contribution in [0.2, 0.25) is 0 Å². The molecule has 20 heavy (non-hydrogen) atoms. The molecule has 2 rings (SSSR count). The number of nitrogens with one attached hydrogen (secondary N) is 1. The summed E-state index contributed by atoms with van der Waals surface area (Å²) in [6.07, 6.45) is 4.82. The third-order valence-corrected chi connectivity index (χ3v) is 5.02. The van der Waals surface area contributed by atoms with E-state index in [2.05, 4.69) is 53.3 Å². The van der Waals surface area contributed by atoms with Gasteiger partial charge in [-0.1, -0.05) is 35.0 Å². The molecule has 0 amide bonds. The van der Waals surface area contributed by atoms with Crippen molar-refractivity contribution in [2.45, 2.75) is 45.6 Å². The summed E-state index contributed by atoms with van der Waals surface area (Å²) in [6.45, 7) is 7.35. The number of benzene rings is 1. The molecule has 3 heteroatoms. The lowest BCUT2D eigenvalue weighted by molar-refractivity contribution is 0.0605. The van der Waals surface area contributed by atoms with Crippen molar-refractivity contribution in [1.29, 1.82) is 0 Å². The number of aryl methyl sites for hydroxylation is 1. The van der Waals surface area contributed by atoms with Gasteiger partial charge in [-0.3, -0.25) is 0 Å². The smallest absolute Gasteiger partial charge is 0.0468 e. The summed E-state index contributed by atoms with van der Waals surface area (Å²) in [5.41, 5.74) is 2.74. The highest BCUT2D eigenvalue weighted by Gasteiger charge is 2.20. The number of ether oxygens (including phenoxy) is 1. The summed E-state index contributed by atoms with van der Waals surface area (Å²) in [7, 11) is 0. The molecule has 0 saturated carbocycles. The molecule has 1 aromatic carbocycles. The van der Waals surface area contributed by atoms with Gasteiger partial charge < -0.3 is 10.1 Å². The summed E-state index contributed by atoms with van der Waals surface area (Å²) < 4.78 is 6.67. The lowest BCUT2D eigenvalue weighted by Gasteiger charge is -2.28. The monoisotopic (exact) mass is 339 g/mol. The van der Waals surface area contributed by atoms with Crippen molar-refractivity contribution < 1.29 is 4.74 Å². The second-order valence-electron chi connectivity index (χ2n) is 5.81. The van der Waals surface area contributed by atoms with Gasteiger partial charge in [-0.15, -0.1) is 0 Å². The molecule has 0 spiro atoms. The largest absolute Gasteiger partial charge is 0.381 e. The molecular formula is C17H26BrNO. The normalized spacial score (nSPS) is 18.1. The molecule has 1 aliphatic rings. The first-order valence-corrected chi connectivity index (χ1v) is 8.57. The maximum atomic E-state index is 5.48. The van der Waals surface area contributed by atoms with Gasteiger partial charge in [0.15, 0.2) is 0 Å². The maximum absolute atomic E-state index is 5.48. The zero-order chi connectivity index (χ0) is 14.4. The van der Waals surface area contributed by atoms with Crippen molar-refractivity contribution in [3.8, 4) is 0 Å². The third-order valence-electron chi connectivity index (χ3n) is 4.14. The fourth-order valence-corrected chi connectivity index (χ4v) is 3.10. The molecule has 2 nitrogen and oxygen atoms in total. The van der Waals surface area contributed by atoms with Crippen molar-refractivity contribution in [3.05, 3.63) is 33.8 Å². The summed E-state index contributed by atoms with van der Waals surface area (Å²) in [5, 5.41) is 3.72. The van der Waals surface area contributed by atoms with Gasteiger partial charge in [0.25, 0.3) is 0 Å². The average Bonchev–Trinajstić information content (AvgIpc) is 2.47. The van der Waals surface area contributed by atoms with Gasteiger partial charge in [0.1, 0.15) is 0 Å². The standard InChI is InChI=1S/C17H26BrNO/c1-3-8-19-17(12-14-6-9-20-10-7-14)15-4-5-16(18)13(2)11-15/h4-5,11,14,17,19H,3,6-10,12H2,1-2H3. The molecule has 1 atom stereocenters. The van der Waals surface area contributed by atoms with Crippen LogP contribution in [0.1, 0.15) is 49.8 Å². The van der Waals surface area contributed by atoms with E-state index in [1.54, 1.807) is 0 Å². The van der Waals surface area contributed by atoms with Gasteiger partial charge >= 0.3 is 0 Å². The molecule has 0 aromatic heterocycles. The average molecular weight is 340 g/mol. The Hall–Kier alpha value is -0.380. The molecule has 0 bridgehead atoms. The van der Waals surface area contributed by atoms with E-state index >= 15 is 0 Å². The highest BCUT2D eigenvalue weighted by molar-refractivity contribution is 9.10. The topological polar surface area (TPSA) is 21.3 Å². The predicted octanol–water partition coefficient (Wildman–Crippen LogP) is 4.61. The minimum Gasteiger partial charge on any atom is -0.381 e. The third kappa shape index (κ3) is 4.57. The molecule has 1 unspecified atom stereocenters. The lowest BCUT2D eigenvalue weighted by Crippen LogP contribution is -2.27. The van der Waals surface area contributed by atoms with Crippen molar-refractivity contribution in [2.24, 2.45) is 5.92 Å². The molecule has 0 aliphatic carbocycles. The predicted molar refractivity (Wildman–Crippen MR) is 88.1 cm³/mol. The van der Waals surface area contributed by atoms with Gasteiger partial charge in [0, 0.05) is 23.7 Å². The number of hydrogen-bond acceptors (Lipinski definition) is 2. The van der Waals surface area contributed by atoms with E-state index in [1.807, 2.05) is 0 Å². The SMILES string of the molecule is CCCNC(CC1CCOCC1)c1ccc(Br)c(C)c1.